The Morgan fingerprint density at radius 2 is 1.91 bits per heavy atom. The van der Waals surface area contributed by atoms with E-state index >= 15 is 0 Å². The molecule has 2 saturated heterocycles. The molecule has 3 aromatic rings. The summed E-state index contributed by atoms with van der Waals surface area (Å²) < 4.78 is 25.8. The molecule has 1 unspecified atom stereocenters. The van der Waals surface area contributed by atoms with Crippen LogP contribution >= 0.6 is 11.3 Å². The molecule has 0 aromatic carbocycles. The molecule has 3 aromatic heterocycles. The Balaban J connectivity index is 1.29. The van der Waals surface area contributed by atoms with Gasteiger partial charge in [-0.2, -0.15) is 0 Å². The lowest BCUT2D eigenvalue weighted by Gasteiger charge is -2.39. The third kappa shape index (κ3) is 4.51. The highest BCUT2D eigenvalue weighted by molar-refractivity contribution is 7.14. The molecule has 33 heavy (non-hydrogen) atoms. The van der Waals surface area contributed by atoms with Gasteiger partial charge in [0.25, 0.3) is 0 Å². The molecule has 2 aliphatic heterocycles. The molecule has 5 heterocycles. The van der Waals surface area contributed by atoms with Gasteiger partial charge in [-0.05, 0) is 44.7 Å². The van der Waals surface area contributed by atoms with Crippen molar-refractivity contribution in [3.8, 4) is 10.6 Å². The zero-order valence-electron chi connectivity index (χ0n) is 18.2. The number of alkyl halides is 2. The first-order valence-electron chi connectivity index (χ1n) is 11.1. The number of hydrogen-bond acceptors (Lipinski definition) is 7. The number of amides is 2. The zero-order valence-corrected chi connectivity index (χ0v) is 19.0. The average Bonchev–Trinajstić information content (AvgIpc) is 3.37. The number of carbonyl (C=O) groups excluding carboxylic acids is 1. The number of aryl methyl sites for hydroxylation is 1. The number of aromatic nitrogens is 4. The minimum absolute atomic E-state index is 0.0235. The lowest BCUT2D eigenvalue weighted by molar-refractivity contribution is 0.133. The summed E-state index contributed by atoms with van der Waals surface area (Å²) in [4.78, 5) is 23.8. The summed E-state index contributed by atoms with van der Waals surface area (Å²) in [7, 11) is 0. The van der Waals surface area contributed by atoms with Gasteiger partial charge in [0, 0.05) is 35.3 Å². The topological polar surface area (TPSA) is 95.9 Å². The van der Waals surface area contributed by atoms with E-state index in [0.717, 1.165) is 39.3 Å². The molecule has 11 heteroatoms. The van der Waals surface area contributed by atoms with Crippen molar-refractivity contribution in [2.24, 2.45) is 0 Å². The van der Waals surface area contributed by atoms with Gasteiger partial charge in [0.2, 0.25) is 0 Å². The fourth-order valence-electron chi connectivity index (χ4n) is 4.91. The predicted molar refractivity (Wildman–Crippen MR) is 123 cm³/mol. The van der Waals surface area contributed by atoms with Gasteiger partial charge < -0.3 is 10.2 Å². The number of piperidine rings is 1. The number of hydrogen-bond donors (Lipinski definition) is 2. The number of nitrogens with zero attached hydrogens (tertiary/aromatic N) is 5. The van der Waals surface area contributed by atoms with Crippen LogP contribution in [0.4, 0.5) is 19.4 Å². The Hall–Kier alpha value is -2.79. The standard InChI is InChI=1S/C22H25F2N7OS/c1-12-29-30-21(33-12)14-4-13-5-20(26-11-19(13)25-10-14)28-22(32)31-17-2-3-18(31)7-15(6-17)27-16(8-23)9-24/h4-5,10-11,15-18,27H,2-3,6-9H2,1H3,(H,26,28,32)/t15-,17-,18?/m0/s1. The van der Waals surface area contributed by atoms with E-state index in [9.17, 15) is 13.6 Å². The Bertz CT molecular complexity index is 1140. The van der Waals surface area contributed by atoms with Crippen molar-refractivity contribution in [2.45, 2.75) is 56.8 Å². The van der Waals surface area contributed by atoms with Gasteiger partial charge in [0.1, 0.15) is 29.2 Å². The van der Waals surface area contributed by atoms with Gasteiger partial charge in [0.15, 0.2) is 0 Å². The second kappa shape index (κ2) is 9.22. The van der Waals surface area contributed by atoms with Crippen LogP contribution in [0.5, 0.6) is 0 Å². The molecule has 8 nitrogen and oxygen atoms in total. The molecule has 3 atom stereocenters. The summed E-state index contributed by atoms with van der Waals surface area (Å²) in [6, 6.07) is 2.94. The fraction of sp³-hybridized carbons (Fsp3) is 0.500. The van der Waals surface area contributed by atoms with E-state index in [1.165, 1.54) is 11.3 Å². The molecule has 2 amide bonds. The van der Waals surface area contributed by atoms with Crippen molar-refractivity contribution in [1.82, 2.24) is 30.4 Å². The van der Waals surface area contributed by atoms with E-state index in [2.05, 4.69) is 30.8 Å². The van der Waals surface area contributed by atoms with Crippen LogP contribution in [-0.4, -0.2) is 68.6 Å². The van der Waals surface area contributed by atoms with E-state index in [1.807, 2.05) is 17.9 Å². The average molecular weight is 474 g/mol. The number of fused-ring (bicyclic) bond motifs is 3. The first-order chi connectivity index (χ1) is 16.0. The third-order valence-electron chi connectivity index (χ3n) is 6.39. The highest BCUT2D eigenvalue weighted by atomic mass is 32.1. The molecule has 0 aliphatic carbocycles. The summed E-state index contributed by atoms with van der Waals surface area (Å²) in [5.41, 5.74) is 1.59. The van der Waals surface area contributed by atoms with E-state index in [1.54, 1.807) is 18.5 Å². The number of rotatable bonds is 6. The van der Waals surface area contributed by atoms with Crippen LogP contribution in [0.2, 0.25) is 0 Å². The summed E-state index contributed by atoms with van der Waals surface area (Å²) in [5, 5.41) is 16.7. The molecule has 0 spiro atoms. The highest BCUT2D eigenvalue weighted by Crippen LogP contribution is 2.36. The van der Waals surface area contributed by atoms with Gasteiger partial charge in [-0.1, -0.05) is 11.3 Å². The second-order valence-corrected chi connectivity index (χ2v) is 9.86. The van der Waals surface area contributed by atoms with Crippen LogP contribution in [0.3, 0.4) is 0 Å². The SMILES string of the molecule is Cc1nnc(-c2cnc3cnc(NC(=O)N4C5CC[C@H]4C[C@H](NC(CF)CF)C5)cc3c2)s1. The summed E-state index contributed by atoms with van der Waals surface area (Å²) >= 11 is 1.50. The van der Waals surface area contributed by atoms with Crippen molar-refractivity contribution in [2.75, 3.05) is 18.7 Å². The van der Waals surface area contributed by atoms with Crippen molar-refractivity contribution >= 4 is 34.1 Å². The minimum Gasteiger partial charge on any atom is -0.318 e. The number of halogens is 2. The van der Waals surface area contributed by atoms with E-state index in [-0.39, 0.29) is 24.2 Å². The molecule has 2 fully saturated rings. The van der Waals surface area contributed by atoms with Gasteiger partial charge in [-0.25, -0.2) is 18.6 Å². The maximum Gasteiger partial charge on any atom is 0.323 e. The third-order valence-corrected chi connectivity index (χ3v) is 7.27. The van der Waals surface area contributed by atoms with Crippen LogP contribution < -0.4 is 10.6 Å². The molecular formula is C22H25F2N7OS. The fourth-order valence-corrected chi connectivity index (χ4v) is 5.58. The molecule has 5 rings (SSSR count). The summed E-state index contributed by atoms with van der Waals surface area (Å²) in [5.74, 6) is 0.453. The number of carbonyl (C=O) groups is 1. The molecule has 2 bridgehead atoms. The van der Waals surface area contributed by atoms with Crippen molar-refractivity contribution < 1.29 is 13.6 Å². The summed E-state index contributed by atoms with van der Waals surface area (Å²) in [6.45, 7) is 0.449. The highest BCUT2D eigenvalue weighted by Gasteiger charge is 2.43. The molecule has 2 N–H and O–H groups in total. The van der Waals surface area contributed by atoms with Crippen LogP contribution in [0.15, 0.2) is 24.5 Å². The smallest absolute Gasteiger partial charge is 0.318 e. The van der Waals surface area contributed by atoms with Gasteiger partial charge in [0.05, 0.1) is 17.8 Å². The summed E-state index contributed by atoms with van der Waals surface area (Å²) in [6.07, 6.45) is 6.56. The first-order valence-corrected chi connectivity index (χ1v) is 11.9. The van der Waals surface area contributed by atoms with E-state index in [4.69, 9.17) is 0 Å². The zero-order chi connectivity index (χ0) is 22.9. The molecule has 0 radical (unpaired) electrons. The van der Waals surface area contributed by atoms with Gasteiger partial charge >= 0.3 is 6.03 Å². The number of urea groups is 1. The monoisotopic (exact) mass is 473 g/mol. The molecule has 174 valence electrons. The van der Waals surface area contributed by atoms with E-state index in [0.29, 0.717) is 18.7 Å². The first kappa shape index (κ1) is 22.0. The quantitative estimate of drug-likeness (QED) is 0.564. The molecule has 2 aliphatic rings. The van der Waals surface area contributed by atoms with Gasteiger partial charge in [-0.15, -0.1) is 10.2 Å². The lowest BCUT2D eigenvalue weighted by Crippen LogP contribution is -2.54. The maximum absolute atomic E-state index is 13.1. The van der Waals surface area contributed by atoms with Gasteiger partial charge in [-0.3, -0.25) is 10.3 Å². The predicted octanol–water partition coefficient (Wildman–Crippen LogP) is 3.88. The minimum atomic E-state index is -0.765. The maximum atomic E-state index is 13.1. The number of anilines is 1. The Kier molecular flexibility index (Phi) is 6.15. The number of pyridine rings is 2. The van der Waals surface area contributed by atoms with Crippen molar-refractivity contribution in [3.05, 3.63) is 29.5 Å². The van der Waals surface area contributed by atoms with Crippen molar-refractivity contribution in [3.63, 3.8) is 0 Å². The molecular weight excluding hydrogens is 448 g/mol. The van der Waals surface area contributed by atoms with Crippen LogP contribution in [0, 0.1) is 6.92 Å². The Morgan fingerprint density at radius 1 is 1.15 bits per heavy atom. The van der Waals surface area contributed by atoms with Crippen molar-refractivity contribution in [1.29, 1.82) is 0 Å². The van der Waals surface area contributed by atoms with Crippen LogP contribution in [0.1, 0.15) is 30.7 Å². The Morgan fingerprint density at radius 3 is 2.58 bits per heavy atom. The lowest BCUT2D eigenvalue weighted by atomic mass is 9.97. The van der Waals surface area contributed by atoms with Crippen LogP contribution in [0.25, 0.3) is 21.5 Å². The largest absolute Gasteiger partial charge is 0.323 e. The van der Waals surface area contributed by atoms with Crippen LogP contribution in [-0.2, 0) is 0 Å². The molecule has 0 saturated carbocycles. The number of nitrogens with one attached hydrogen (secondary N) is 2. The Labute approximate surface area is 193 Å². The van der Waals surface area contributed by atoms with E-state index < -0.39 is 19.4 Å². The normalized spacial score (nSPS) is 22.3. The second-order valence-electron chi connectivity index (χ2n) is 8.68.